The highest BCUT2D eigenvalue weighted by atomic mass is 16.3. The molecule has 0 aromatic heterocycles. The molecule has 2 fully saturated rings. The molecule has 1 aromatic rings. The number of nitrogens with zero attached hydrogens (tertiary/aromatic N) is 1. The maximum absolute atomic E-state index is 10.0. The van der Waals surface area contributed by atoms with Gasteiger partial charge in [0.1, 0.15) is 5.75 Å². The van der Waals surface area contributed by atoms with Gasteiger partial charge in [-0.3, -0.25) is 4.90 Å². The SMILES string of the molecule is CC(c1ccccc1O)N1CCCC(C2CCCN2)C1. The second kappa shape index (κ2) is 6.15. The third-order valence-corrected chi connectivity index (χ3v) is 5.09. The van der Waals surface area contributed by atoms with Gasteiger partial charge in [0, 0.05) is 24.2 Å². The van der Waals surface area contributed by atoms with Gasteiger partial charge >= 0.3 is 0 Å². The number of likely N-dealkylation sites (tertiary alicyclic amines) is 1. The Bertz CT molecular complexity index is 442. The topological polar surface area (TPSA) is 35.5 Å². The van der Waals surface area contributed by atoms with Crippen LogP contribution in [0.25, 0.3) is 0 Å². The van der Waals surface area contributed by atoms with Crippen LogP contribution in [-0.4, -0.2) is 35.7 Å². The lowest BCUT2D eigenvalue weighted by Gasteiger charge is -2.39. The van der Waals surface area contributed by atoms with Crippen molar-refractivity contribution in [3.8, 4) is 5.75 Å². The quantitative estimate of drug-likeness (QED) is 0.889. The maximum atomic E-state index is 10.0. The van der Waals surface area contributed by atoms with Gasteiger partial charge in [-0.05, 0) is 57.7 Å². The average Bonchev–Trinajstić information content (AvgIpc) is 3.01. The molecule has 0 amide bonds. The molecule has 3 nitrogen and oxygen atoms in total. The van der Waals surface area contributed by atoms with E-state index in [1.54, 1.807) is 6.07 Å². The number of rotatable bonds is 3. The van der Waals surface area contributed by atoms with Crippen molar-refractivity contribution in [3.05, 3.63) is 29.8 Å². The first-order valence-electron chi connectivity index (χ1n) is 8.01. The van der Waals surface area contributed by atoms with Crippen LogP contribution in [0, 0.1) is 5.92 Å². The van der Waals surface area contributed by atoms with Gasteiger partial charge in [0.25, 0.3) is 0 Å². The minimum absolute atomic E-state index is 0.306. The van der Waals surface area contributed by atoms with Crippen molar-refractivity contribution in [1.29, 1.82) is 0 Å². The van der Waals surface area contributed by atoms with E-state index in [9.17, 15) is 5.11 Å². The van der Waals surface area contributed by atoms with Crippen molar-refractivity contribution in [3.63, 3.8) is 0 Å². The number of phenols is 1. The fourth-order valence-corrected chi connectivity index (χ4v) is 3.87. The summed E-state index contributed by atoms with van der Waals surface area (Å²) < 4.78 is 0. The van der Waals surface area contributed by atoms with Gasteiger partial charge in [-0.15, -0.1) is 0 Å². The first kappa shape index (κ1) is 13.9. The number of hydrogen-bond acceptors (Lipinski definition) is 3. The lowest BCUT2D eigenvalue weighted by molar-refractivity contribution is 0.113. The van der Waals surface area contributed by atoms with Crippen LogP contribution in [0.2, 0.25) is 0 Å². The lowest BCUT2D eigenvalue weighted by Crippen LogP contribution is -2.44. The zero-order valence-electron chi connectivity index (χ0n) is 12.4. The zero-order chi connectivity index (χ0) is 13.9. The number of nitrogens with one attached hydrogen (secondary N) is 1. The summed E-state index contributed by atoms with van der Waals surface area (Å²) in [5.41, 5.74) is 1.06. The molecular weight excluding hydrogens is 248 g/mol. The van der Waals surface area contributed by atoms with Crippen LogP contribution in [0.3, 0.4) is 0 Å². The predicted octanol–water partition coefficient (Wildman–Crippen LogP) is 2.92. The summed E-state index contributed by atoms with van der Waals surface area (Å²) in [5, 5.41) is 13.7. The van der Waals surface area contributed by atoms with Crippen molar-refractivity contribution in [1.82, 2.24) is 10.2 Å². The monoisotopic (exact) mass is 274 g/mol. The molecule has 2 aliphatic rings. The van der Waals surface area contributed by atoms with E-state index in [1.165, 1.54) is 32.2 Å². The number of piperidine rings is 1. The highest BCUT2D eigenvalue weighted by Gasteiger charge is 2.31. The zero-order valence-corrected chi connectivity index (χ0v) is 12.4. The first-order chi connectivity index (χ1) is 9.75. The molecule has 2 saturated heterocycles. The minimum Gasteiger partial charge on any atom is -0.508 e. The molecule has 2 aliphatic heterocycles. The van der Waals surface area contributed by atoms with Gasteiger partial charge in [-0.1, -0.05) is 18.2 Å². The van der Waals surface area contributed by atoms with Gasteiger partial charge in [0.2, 0.25) is 0 Å². The number of hydrogen-bond donors (Lipinski definition) is 2. The fourth-order valence-electron chi connectivity index (χ4n) is 3.87. The molecular formula is C17H26N2O. The Balaban J connectivity index is 1.68. The number of para-hydroxylation sites is 1. The van der Waals surface area contributed by atoms with Crippen LogP contribution in [0.4, 0.5) is 0 Å². The van der Waals surface area contributed by atoms with Crippen molar-refractivity contribution < 1.29 is 5.11 Å². The van der Waals surface area contributed by atoms with E-state index >= 15 is 0 Å². The summed E-state index contributed by atoms with van der Waals surface area (Å²) >= 11 is 0. The third-order valence-electron chi connectivity index (χ3n) is 5.09. The van der Waals surface area contributed by atoms with E-state index in [1.807, 2.05) is 12.1 Å². The molecule has 3 rings (SSSR count). The van der Waals surface area contributed by atoms with E-state index < -0.39 is 0 Å². The van der Waals surface area contributed by atoms with Crippen molar-refractivity contribution in [2.24, 2.45) is 5.92 Å². The Morgan fingerprint density at radius 3 is 2.85 bits per heavy atom. The molecule has 20 heavy (non-hydrogen) atoms. The Hall–Kier alpha value is -1.06. The molecule has 2 N–H and O–H groups in total. The Kier molecular flexibility index (Phi) is 4.27. The average molecular weight is 274 g/mol. The molecule has 0 radical (unpaired) electrons. The Labute approximate surface area is 122 Å². The van der Waals surface area contributed by atoms with Crippen LogP contribution >= 0.6 is 0 Å². The van der Waals surface area contributed by atoms with Gasteiger partial charge in [-0.25, -0.2) is 0 Å². The Morgan fingerprint density at radius 1 is 1.25 bits per heavy atom. The third kappa shape index (κ3) is 2.84. The summed E-state index contributed by atoms with van der Waals surface area (Å²) in [4.78, 5) is 2.54. The summed E-state index contributed by atoms with van der Waals surface area (Å²) in [5.74, 6) is 1.21. The number of benzene rings is 1. The van der Waals surface area contributed by atoms with E-state index in [-0.39, 0.29) is 0 Å². The number of aromatic hydroxyl groups is 1. The van der Waals surface area contributed by atoms with Crippen LogP contribution in [0.5, 0.6) is 5.75 Å². The number of phenolic OH excluding ortho intramolecular Hbond substituents is 1. The lowest BCUT2D eigenvalue weighted by atomic mass is 9.88. The van der Waals surface area contributed by atoms with E-state index in [0.717, 1.165) is 30.6 Å². The maximum Gasteiger partial charge on any atom is 0.120 e. The van der Waals surface area contributed by atoms with Gasteiger partial charge in [0.15, 0.2) is 0 Å². The normalized spacial score (nSPS) is 29.4. The molecule has 2 heterocycles. The van der Waals surface area contributed by atoms with E-state index in [2.05, 4.69) is 23.2 Å². The second-order valence-electron chi connectivity index (χ2n) is 6.33. The van der Waals surface area contributed by atoms with Crippen molar-refractivity contribution in [2.45, 2.75) is 44.7 Å². The Morgan fingerprint density at radius 2 is 2.10 bits per heavy atom. The van der Waals surface area contributed by atoms with Crippen molar-refractivity contribution >= 4 is 0 Å². The summed E-state index contributed by atoms with van der Waals surface area (Å²) in [6.45, 7) is 5.72. The molecule has 3 heteroatoms. The van der Waals surface area contributed by atoms with E-state index in [0.29, 0.717) is 11.8 Å². The fraction of sp³-hybridized carbons (Fsp3) is 0.647. The second-order valence-corrected chi connectivity index (χ2v) is 6.33. The van der Waals surface area contributed by atoms with E-state index in [4.69, 9.17) is 0 Å². The molecule has 3 unspecified atom stereocenters. The van der Waals surface area contributed by atoms with Crippen molar-refractivity contribution in [2.75, 3.05) is 19.6 Å². The first-order valence-corrected chi connectivity index (χ1v) is 8.01. The molecule has 110 valence electrons. The smallest absolute Gasteiger partial charge is 0.120 e. The highest BCUT2D eigenvalue weighted by Crippen LogP contribution is 2.33. The largest absolute Gasteiger partial charge is 0.508 e. The molecule has 3 atom stereocenters. The molecule has 0 bridgehead atoms. The van der Waals surface area contributed by atoms with Gasteiger partial charge in [-0.2, -0.15) is 0 Å². The van der Waals surface area contributed by atoms with Crippen LogP contribution in [-0.2, 0) is 0 Å². The molecule has 0 aliphatic carbocycles. The summed E-state index contributed by atoms with van der Waals surface area (Å²) in [6, 6.07) is 8.79. The minimum atomic E-state index is 0.306. The summed E-state index contributed by atoms with van der Waals surface area (Å²) in [7, 11) is 0. The summed E-state index contributed by atoms with van der Waals surface area (Å²) in [6.07, 6.45) is 5.29. The highest BCUT2D eigenvalue weighted by molar-refractivity contribution is 5.34. The van der Waals surface area contributed by atoms with Gasteiger partial charge < -0.3 is 10.4 Å². The molecule has 0 saturated carbocycles. The van der Waals surface area contributed by atoms with Crippen LogP contribution < -0.4 is 5.32 Å². The molecule has 1 aromatic carbocycles. The molecule has 0 spiro atoms. The standard InChI is InChI=1S/C17H26N2O/c1-13(15-7-2-3-9-17(15)20)19-11-5-6-14(12-19)16-8-4-10-18-16/h2-3,7,9,13-14,16,18,20H,4-6,8,10-12H2,1H3. The predicted molar refractivity (Wildman–Crippen MR) is 81.8 cm³/mol. The van der Waals surface area contributed by atoms with Crippen LogP contribution in [0.1, 0.15) is 44.2 Å². The van der Waals surface area contributed by atoms with Crippen LogP contribution in [0.15, 0.2) is 24.3 Å². The van der Waals surface area contributed by atoms with Gasteiger partial charge in [0.05, 0.1) is 0 Å².